The number of phosphoric acid groups is 1. The topological polar surface area (TPSA) is 253 Å². The Morgan fingerprint density at radius 1 is 1.09 bits per heavy atom. The summed E-state index contributed by atoms with van der Waals surface area (Å²) in [5, 5.41) is 55.5. The van der Waals surface area contributed by atoms with E-state index in [9.17, 15) is 39.8 Å². The lowest BCUT2D eigenvalue weighted by atomic mass is 9.46. The van der Waals surface area contributed by atoms with Crippen LogP contribution in [-0.4, -0.2) is 97.6 Å². The number of anilines is 1. The maximum atomic E-state index is 13.8. The molecule has 0 radical (unpaired) electrons. The second-order valence-corrected chi connectivity index (χ2v) is 18.7. The van der Waals surface area contributed by atoms with Gasteiger partial charge in [0.25, 0.3) is 0 Å². The van der Waals surface area contributed by atoms with E-state index in [1.54, 1.807) is 19.9 Å². The van der Waals surface area contributed by atoms with Crippen LogP contribution in [0.5, 0.6) is 0 Å². The predicted octanol–water partition coefficient (Wildman–Crippen LogP) is 2.91. The van der Waals surface area contributed by atoms with Crippen LogP contribution < -0.4 is 5.73 Å². The number of ether oxygens (including phenoxy) is 1. The van der Waals surface area contributed by atoms with Crippen LogP contribution in [0, 0.1) is 34.5 Å². The second kappa shape index (κ2) is 13.4. The van der Waals surface area contributed by atoms with Gasteiger partial charge >= 0.3 is 7.82 Å². The minimum absolute atomic E-state index is 0.000238. The van der Waals surface area contributed by atoms with Crippen molar-refractivity contribution in [3.63, 3.8) is 0 Å². The van der Waals surface area contributed by atoms with E-state index in [4.69, 9.17) is 19.5 Å². The average Bonchev–Trinajstić information content (AvgIpc) is 3.71. The highest BCUT2D eigenvalue weighted by Crippen LogP contribution is 2.68. The highest BCUT2D eigenvalue weighted by Gasteiger charge is 2.67. The standard InChI is InChI=1S/C36H54N5O11P/c1-18(20-8-13-36(47)22-15-24(43)23-14-19(42)6-11-34(23,4)21(22)7-12-35(20,36)5)25(9-10-33(2,3)46)51-53(48,49)52-32-28(45)27(44)31(50-32)41-17-40-26-29(37)38-16-39-30(26)41/h15-21,23,25,27-28,31-32,42,44-47H,6-14H2,1-5H3,(H,48,49)(H2,37,38,39)/t18-,19-,20+,21-,23-,25+,27?,28+,31+,32-,34+,35+,36+/m0/s1. The molecule has 0 spiro atoms. The molecule has 2 aromatic rings. The number of ketones is 1. The number of carbonyl (C=O) groups is 1. The molecule has 16 nitrogen and oxygen atoms in total. The average molecular weight is 764 g/mol. The number of phosphoric ester groups is 1. The van der Waals surface area contributed by atoms with Crippen LogP contribution in [0.4, 0.5) is 5.82 Å². The van der Waals surface area contributed by atoms with Gasteiger partial charge < -0.3 is 40.9 Å². The molecule has 2 aromatic heterocycles. The summed E-state index contributed by atoms with van der Waals surface area (Å²) < 4.78 is 32.2. The number of rotatable bonds is 10. The lowest BCUT2D eigenvalue weighted by molar-refractivity contribution is -0.146. The first kappa shape index (κ1) is 38.9. The summed E-state index contributed by atoms with van der Waals surface area (Å²) >= 11 is 0. The van der Waals surface area contributed by atoms with Gasteiger partial charge in [0.1, 0.15) is 24.1 Å². The predicted molar refractivity (Wildman–Crippen MR) is 189 cm³/mol. The van der Waals surface area contributed by atoms with E-state index in [0.717, 1.165) is 12.0 Å². The number of aromatic nitrogens is 4. The number of hydrogen-bond acceptors (Lipinski definition) is 14. The Morgan fingerprint density at radius 3 is 2.55 bits per heavy atom. The molecule has 17 heteroatoms. The number of nitrogen functional groups attached to an aromatic ring is 1. The van der Waals surface area contributed by atoms with Crippen molar-refractivity contribution in [1.82, 2.24) is 19.5 Å². The van der Waals surface area contributed by atoms with Gasteiger partial charge in [-0.05, 0) is 106 Å². The Morgan fingerprint density at radius 2 is 1.83 bits per heavy atom. The van der Waals surface area contributed by atoms with Gasteiger partial charge in [0.2, 0.25) is 0 Å². The van der Waals surface area contributed by atoms with E-state index in [1.165, 1.54) is 17.2 Å². The number of hydrogen-bond donors (Lipinski definition) is 7. The zero-order valence-corrected chi connectivity index (χ0v) is 31.8. The number of nitrogens with two attached hydrogens (primary N) is 1. The van der Waals surface area contributed by atoms with Crippen LogP contribution >= 0.6 is 7.82 Å². The number of nitrogens with zero attached hydrogens (tertiary/aromatic N) is 4. The van der Waals surface area contributed by atoms with Crippen molar-refractivity contribution in [1.29, 1.82) is 0 Å². The molecule has 1 aliphatic heterocycles. The third-order valence-electron chi connectivity index (χ3n) is 13.8. The molecule has 4 aliphatic carbocycles. The molecule has 4 fully saturated rings. The fraction of sp³-hybridized carbons (Fsp3) is 0.778. The molecule has 0 aromatic carbocycles. The molecule has 14 atom stereocenters. The summed E-state index contributed by atoms with van der Waals surface area (Å²) in [5.74, 6) is -0.876. The lowest BCUT2D eigenvalue weighted by Gasteiger charge is -2.60. The molecular formula is C36H54N5O11P. The monoisotopic (exact) mass is 763 g/mol. The van der Waals surface area contributed by atoms with Gasteiger partial charge in [-0.2, -0.15) is 0 Å². The van der Waals surface area contributed by atoms with Gasteiger partial charge in [0, 0.05) is 11.3 Å². The van der Waals surface area contributed by atoms with Crippen molar-refractivity contribution in [3.05, 3.63) is 24.3 Å². The van der Waals surface area contributed by atoms with Gasteiger partial charge in [-0.3, -0.25) is 18.4 Å². The first-order valence-corrected chi connectivity index (χ1v) is 20.2. The Balaban J connectivity index is 1.11. The van der Waals surface area contributed by atoms with Crippen molar-refractivity contribution in [3.8, 4) is 0 Å². The van der Waals surface area contributed by atoms with Gasteiger partial charge in [0.15, 0.2) is 29.8 Å². The SMILES string of the molecule is C[C@@H]([C@H]1CC[C@@]2(O)C3=CC(=O)[C@@H]4C[C@@H](O)CC[C@]4(C)[C@H]3CC[C@]12C)[C@@H](CCC(C)(C)O)OP(=O)(O)O[C@@H]1O[C@@H](n2cnc3c(N)ncnc32)C(O)[C@H]1O. The van der Waals surface area contributed by atoms with Crippen molar-refractivity contribution < 1.29 is 53.6 Å². The number of aliphatic hydroxyl groups is 5. The molecule has 3 saturated carbocycles. The molecule has 1 saturated heterocycles. The van der Waals surface area contributed by atoms with E-state index in [-0.39, 0.29) is 58.8 Å². The zero-order chi connectivity index (χ0) is 38.5. The van der Waals surface area contributed by atoms with E-state index in [1.807, 2.05) is 13.8 Å². The normalized spacial score (nSPS) is 41.0. The summed E-state index contributed by atoms with van der Waals surface area (Å²) in [4.78, 5) is 37.0. The fourth-order valence-corrected chi connectivity index (χ4v) is 11.8. The lowest BCUT2D eigenvalue weighted by Crippen LogP contribution is -2.59. The van der Waals surface area contributed by atoms with Crippen LogP contribution in [0.25, 0.3) is 11.2 Å². The zero-order valence-electron chi connectivity index (χ0n) is 30.9. The Hall–Kier alpha value is -2.37. The quantitative estimate of drug-likeness (QED) is 0.172. The fourth-order valence-electron chi connectivity index (χ4n) is 10.7. The van der Waals surface area contributed by atoms with Gasteiger partial charge in [0.05, 0.1) is 29.7 Å². The molecule has 5 aliphatic rings. The van der Waals surface area contributed by atoms with Gasteiger partial charge in [-0.1, -0.05) is 20.8 Å². The number of imidazole rings is 1. The van der Waals surface area contributed by atoms with Crippen LogP contribution in [0.2, 0.25) is 0 Å². The van der Waals surface area contributed by atoms with Crippen LogP contribution in [-0.2, 0) is 23.1 Å². The third kappa shape index (κ3) is 6.50. The largest absolute Gasteiger partial charge is 0.474 e. The van der Waals surface area contributed by atoms with Crippen LogP contribution in [0.15, 0.2) is 24.3 Å². The van der Waals surface area contributed by atoms with Crippen molar-refractivity contribution in [2.45, 2.75) is 141 Å². The number of fused-ring (bicyclic) bond motifs is 6. The van der Waals surface area contributed by atoms with Gasteiger partial charge in [-0.15, -0.1) is 0 Å². The minimum atomic E-state index is -5.02. The van der Waals surface area contributed by atoms with Crippen molar-refractivity contribution in [2.24, 2.45) is 34.5 Å². The molecular weight excluding hydrogens is 709 g/mol. The summed E-state index contributed by atoms with van der Waals surface area (Å²) in [6.07, 6.45) is 0.767. The maximum Gasteiger partial charge on any atom is 0.474 e. The molecule has 2 unspecified atom stereocenters. The van der Waals surface area contributed by atoms with Crippen LogP contribution in [0.3, 0.4) is 0 Å². The smallest absolute Gasteiger partial charge is 0.393 e. The number of allylic oxidation sites excluding steroid dienone is 1. The highest BCUT2D eigenvalue weighted by atomic mass is 31.2. The molecule has 294 valence electrons. The molecule has 3 heterocycles. The minimum Gasteiger partial charge on any atom is -0.393 e. The Kier molecular flexibility index (Phi) is 9.82. The number of carbonyl (C=O) groups excluding carboxylic acids is 1. The molecule has 7 rings (SSSR count). The van der Waals surface area contributed by atoms with Crippen LogP contribution in [0.1, 0.15) is 98.6 Å². The molecule has 8 N–H and O–H groups in total. The molecule has 0 bridgehead atoms. The first-order valence-electron chi connectivity index (χ1n) is 18.7. The van der Waals surface area contributed by atoms with Crippen molar-refractivity contribution in [2.75, 3.05) is 5.73 Å². The molecule has 0 amide bonds. The Bertz CT molecular complexity index is 1820. The maximum absolute atomic E-state index is 13.8. The Labute approximate surface area is 308 Å². The second-order valence-electron chi connectivity index (χ2n) is 17.4. The summed E-state index contributed by atoms with van der Waals surface area (Å²) in [7, 11) is -5.02. The molecule has 53 heavy (non-hydrogen) atoms. The van der Waals surface area contributed by atoms with E-state index in [2.05, 4.69) is 21.9 Å². The summed E-state index contributed by atoms with van der Waals surface area (Å²) in [6.45, 7) is 9.34. The number of aliphatic hydroxyl groups excluding tert-OH is 3. The first-order chi connectivity index (χ1) is 24.7. The van der Waals surface area contributed by atoms with E-state index < -0.39 is 67.3 Å². The van der Waals surface area contributed by atoms with E-state index >= 15 is 0 Å². The summed E-state index contributed by atoms with van der Waals surface area (Å²) in [6, 6.07) is 0. The highest BCUT2D eigenvalue weighted by molar-refractivity contribution is 7.47. The third-order valence-corrected chi connectivity index (χ3v) is 14.8. The summed E-state index contributed by atoms with van der Waals surface area (Å²) in [5.41, 5.74) is 3.63. The van der Waals surface area contributed by atoms with Crippen molar-refractivity contribution >= 4 is 30.6 Å². The van der Waals surface area contributed by atoms with Gasteiger partial charge in [-0.25, -0.2) is 19.5 Å². The van der Waals surface area contributed by atoms with E-state index in [0.29, 0.717) is 38.5 Å².